The Morgan fingerprint density at radius 1 is 0.815 bits per heavy atom. The highest BCUT2D eigenvalue weighted by atomic mass is 16.3. The summed E-state index contributed by atoms with van der Waals surface area (Å²) in [6, 6.07) is 30.6. The Morgan fingerprint density at radius 3 is 1.70 bits per heavy atom. The quantitative estimate of drug-likeness (QED) is 0.630. The van der Waals surface area contributed by atoms with Gasteiger partial charge in [-0.15, -0.1) is 0 Å². The van der Waals surface area contributed by atoms with E-state index < -0.39 is 5.60 Å². The Kier molecular flexibility index (Phi) is 4.59. The Bertz CT molecular complexity index is 879. The molecule has 1 aliphatic rings. The van der Waals surface area contributed by atoms with Crippen molar-refractivity contribution in [2.45, 2.75) is 31.5 Å². The molecule has 1 saturated heterocycles. The molecule has 2 heteroatoms. The van der Waals surface area contributed by atoms with Gasteiger partial charge in [-0.05, 0) is 30.5 Å². The number of nitrogens with zero attached hydrogens (tertiary/aromatic N) is 1. The number of aliphatic hydroxyl groups is 1. The van der Waals surface area contributed by atoms with Crippen LogP contribution in [0.25, 0.3) is 0 Å². The molecule has 0 spiro atoms. The fraction of sp³-hybridized carbons (Fsp3) is 0.200. The van der Waals surface area contributed by atoms with Crippen LogP contribution in [0.15, 0.2) is 103 Å². The maximum Gasteiger partial charge on any atom is 0.140 e. The first-order valence-corrected chi connectivity index (χ1v) is 9.51. The van der Waals surface area contributed by atoms with Crippen LogP contribution in [0.4, 0.5) is 0 Å². The minimum atomic E-state index is -1.09. The molecule has 0 amide bonds. The third-order valence-corrected chi connectivity index (χ3v) is 5.61. The highest BCUT2D eigenvalue weighted by Crippen LogP contribution is 2.53. The fourth-order valence-corrected chi connectivity index (χ4v) is 4.15. The van der Waals surface area contributed by atoms with Crippen molar-refractivity contribution in [3.05, 3.63) is 119 Å². The van der Waals surface area contributed by atoms with Crippen molar-refractivity contribution in [3.8, 4) is 0 Å². The van der Waals surface area contributed by atoms with E-state index in [1.165, 1.54) is 11.3 Å². The summed E-state index contributed by atoms with van der Waals surface area (Å²) >= 11 is 0. The van der Waals surface area contributed by atoms with Crippen molar-refractivity contribution in [3.63, 3.8) is 0 Å². The smallest absolute Gasteiger partial charge is 0.140 e. The molecule has 3 aromatic carbocycles. The monoisotopic (exact) mass is 355 g/mol. The Balaban J connectivity index is 1.79. The van der Waals surface area contributed by atoms with Crippen molar-refractivity contribution in [2.24, 2.45) is 0 Å². The first kappa shape index (κ1) is 17.6. The largest absolute Gasteiger partial charge is 0.378 e. The molecular weight excluding hydrogens is 330 g/mol. The molecule has 2 nitrogen and oxygen atoms in total. The van der Waals surface area contributed by atoms with Crippen molar-refractivity contribution in [1.29, 1.82) is 0 Å². The second-order valence-electron chi connectivity index (χ2n) is 7.11. The first-order valence-electron chi connectivity index (χ1n) is 9.51. The van der Waals surface area contributed by atoms with Gasteiger partial charge in [0.1, 0.15) is 11.6 Å². The topological polar surface area (TPSA) is 23.2 Å². The molecule has 0 unspecified atom stereocenters. The van der Waals surface area contributed by atoms with E-state index in [1.807, 2.05) is 66.7 Å². The summed E-state index contributed by atoms with van der Waals surface area (Å²) in [6.45, 7) is 4.26. The van der Waals surface area contributed by atoms with Crippen LogP contribution in [-0.4, -0.2) is 16.0 Å². The lowest BCUT2D eigenvalue weighted by Gasteiger charge is -2.30. The van der Waals surface area contributed by atoms with Crippen molar-refractivity contribution >= 4 is 0 Å². The summed E-state index contributed by atoms with van der Waals surface area (Å²) in [4.78, 5) is 2.33. The third kappa shape index (κ3) is 2.96. The van der Waals surface area contributed by atoms with Gasteiger partial charge in [-0.1, -0.05) is 97.1 Å². The predicted octanol–water partition coefficient (Wildman–Crippen LogP) is 5.27. The van der Waals surface area contributed by atoms with Gasteiger partial charge in [0.25, 0.3) is 0 Å². The SMILES string of the molecule is C/C=C1/[C@@H](C(O)(c2ccccc2)c2ccccc2)N1[C@@H](C)c1ccccc1. The number of allylic oxidation sites excluding steroid dienone is 1. The molecule has 1 aliphatic heterocycles. The van der Waals surface area contributed by atoms with Gasteiger partial charge in [0, 0.05) is 5.70 Å². The zero-order chi connectivity index (χ0) is 18.9. The van der Waals surface area contributed by atoms with Gasteiger partial charge in [0.15, 0.2) is 0 Å². The van der Waals surface area contributed by atoms with Crippen molar-refractivity contribution < 1.29 is 5.11 Å². The number of hydrogen-bond acceptors (Lipinski definition) is 2. The minimum absolute atomic E-state index is 0.0810. The molecule has 27 heavy (non-hydrogen) atoms. The van der Waals surface area contributed by atoms with Crippen LogP contribution in [0.3, 0.4) is 0 Å². The molecule has 136 valence electrons. The number of hydrogen-bond donors (Lipinski definition) is 1. The summed E-state index contributed by atoms with van der Waals surface area (Å²) in [5.74, 6) is 0. The van der Waals surface area contributed by atoms with Crippen LogP contribution in [0, 0.1) is 0 Å². The predicted molar refractivity (Wildman–Crippen MR) is 110 cm³/mol. The van der Waals surface area contributed by atoms with E-state index in [2.05, 4.69) is 49.1 Å². The van der Waals surface area contributed by atoms with Crippen LogP contribution in [0.1, 0.15) is 36.6 Å². The van der Waals surface area contributed by atoms with Crippen LogP contribution < -0.4 is 0 Å². The van der Waals surface area contributed by atoms with E-state index >= 15 is 0 Å². The molecule has 0 saturated carbocycles. The molecule has 1 N–H and O–H groups in total. The minimum Gasteiger partial charge on any atom is -0.378 e. The Morgan fingerprint density at radius 2 is 1.26 bits per heavy atom. The molecule has 3 aromatic rings. The van der Waals surface area contributed by atoms with Crippen molar-refractivity contribution in [1.82, 2.24) is 4.90 Å². The van der Waals surface area contributed by atoms with E-state index in [4.69, 9.17) is 0 Å². The third-order valence-electron chi connectivity index (χ3n) is 5.61. The van der Waals surface area contributed by atoms with Crippen LogP contribution in [-0.2, 0) is 5.60 Å². The second-order valence-corrected chi connectivity index (χ2v) is 7.11. The standard InChI is InChI=1S/C25H25NO/c1-3-23-24(26(23)19(2)20-13-7-4-8-14-20)25(27,21-15-9-5-10-16-21)22-17-11-6-12-18-22/h3-19,24,27H,1-2H3/b23-3-/t19-,24-,26?/m0/s1. The zero-order valence-electron chi connectivity index (χ0n) is 15.8. The normalized spacial score (nSPS) is 19.1. The summed E-state index contributed by atoms with van der Waals surface area (Å²) in [5, 5.41) is 12.1. The highest BCUT2D eigenvalue weighted by Gasteiger charge is 2.57. The second kappa shape index (κ2) is 7.05. The molecule has 2 atom stereocenters. The molecular formula is C25H25NO. The molecule has 0 aliphatic carbocycles. The molecule has 0 aromatic heterocycles. The molecule has 1 fully saturated rings. The lowest BCUT2D eigenvalue weighted by molar-refractivity contribution is 0.0605. The van der Waals surface area contributed by atoms with E-state index in [9.17, 15) is 5.11 Å². The zero-order valence-corrected chi connectivity index (χ0v) is 15.8. The average molecular weight is 355 g/mol. The van der Waals surface area contributed by atoms with E-state index in [-0.39, 0.29) is 12.1 Å². The summed E-state index contributed by atoms with van der Waals surface area (Å²) < 4.78 is 0. The maximum atomic E-state index is 12.1. The van der Waals surface area contributed by atoms with Gasteiger partial charge >= 0.3 is 0 Å². The van der Waals surface area contributed by atoms with Gasteiger partial charge in [-0.25, -0.2) is 0 Å². The molecule has 4 rings (SSSR count). The van der Waals surface area contributed by atoms with Gasteiger partial charge in [0.05, 0.1) is 6.04 Å². The number of benzene rings is 3. The van der Waals surface area contributed by atoms with Crippen molar-refractivity contribution in [2.75, 3.05) is 0 Å². The van der Waals surface area contributed by atoms with Gasteiger partial charge in [0.2, 0.25) is 0 Å². The van der Waals surface area contributed by atoms with E-state index in [0.717, 1.165) is 11.1 Å². The Labute approximate surface area is 161 Å². The van der Waals surface area contributed by atoms with E-state index in [0.29, 0.717) is 0 Å². The van der Waals surface area contributed by atoms with Crippen LogP contribution >= 0.6 is 0 Å². The first-order chi connectivity index (χ1) is 13.2. The summed E-state index contributed by atoms with van der Waals surface area (Å²) in [7, 11) is 0. The average Bonchev–Trinajstić information content (AvgIpc) is 3.49. The van der Waals surface area contributed by atoms with Crippen LogP contribution in [0.5, 0.6) is 0 Å². The van der Waals surface area contributed by atoms with Gasteiger partial charge < -0.3 is 10.0 Å². The number of rotatable bonds is 5. The molecule has 0 radical (unpaired) electrons. The lowest BCUT2D eigenvalue weighted by Crippen LogP contribution is -2.36. The van der Waals surface area contributed by atoms with Gasteiger partial charge in [-0.3, -0.25) is 0 Å². The van der Waals surface area contributed by atoms with Crippen LogP contribution in [0.2, 0.25) is 0 Å². The molecule has 0 bridgehead atoms. The fourth-order valence-electron chi connectivity index (χ4n) is 4.15. The maximum absolute atomic E-state index is 12.1. The Hall–Kier alpha value is -2.84. The molecule has 1 heterocycles. The lowest BCUT2D eigenvalue weighted by atomic mass is 9.82. The summed E-state index contributed by atoms with van der Waals surface area (Å²) in [5.41, 5.74) is 3.18. The summed E-state index contributed by atoms with van der Waals surface area (Å²) in [6.07, 6.45) is 2.13. The van der Waals surface area contributed by atoms with Gasteiger partial charge in [-0.2, -0.15) is 0 Å². The van der Waals surface area contributed by atoms with E-state index in [1.54, 1.807) is 0 Å². The highest BCUT2D eigenvalue weighted by molar-refractivity contribution is 5.48.